The number of amides is 1. The van der Waals surface area contributed by atoms with Crippen molar-refractivity contribution in [1.29, 1.82) is 0 Å². The normalized spacial score (nSPS) is 42.3. The van der Waals surface area contributed by atoms with Crippen molar-refractivity contribution in [2.75, 3.05) is 6.61 Å². The van der Waals surface area contributed by atoms with Crippen LogP contribution in [0, 0.1) is 17.3 Å². The number of nitrogens with one attached hydrogen (secondary N) is 1. The van der Waals surface area contributed by atoms with Crippen molar-refractivity contribution in [3.63, 3.8) is 0 Å². The first-order valence-electron chi connectivity index (χ1n) is 9.27. The van der Waals surface area contributed by atoms with Crippen LogP contribution in [0.5, 0.6) is 5.75 Å². The Morgan fingerprint density at radius 1 is 1.17 bits per heavy atom. The van der Waals surface area contributed by atoms with Gasteiger partial charge in [-0.3, -0.25) is 4.79 Å². The van der Waals surface area contributed by atoms with Crippen LogP contribution in [0.4, 0.5) is 0 Å². The molecule has 0 aromatic heterocycles. The third-order valence-corrected chi connectivity index (χ3v) is 7.18. The van der Waals surface area contributed by atoms with Crippen LogP contribution in [0.15, 0.2) is 24.3 Å². The molecule has 1 aliphatic heterocycles. The highest BCUT2D eigenvalue weighted by Crippen LogP contribution is 2.64. The molecular weight excluding hydrogens is 322 g/mol. The maximum absolute atomic E-state index is 13.3. The average Bonchev–Trinajstić information content (AvgIpc) is 2.53. The average molecular weight is 346 g/mol. The maximum atomic E-state index is 13.3. The molecule has 4 fully saturated rings. The lowest BCUT2D eigenvalue weighted by molar-refractivity contribution is -0.145. The molecule has 0 saturated heterocycles. The minimum atomic E-state index is -0.223. The Bertz CT molecular complexity index is 674. The standard InChI is InChI=1S/C20H24ClNO2/c21-20-10-13-7-14(11-20)9-19(8-13,12-20)18(23)22-16-5-6-24-17-4-2-1-3-15(16)17/h1-4,13-14,16H,5-12H2,(H,22,23)/t13-,14+,16-,19?,20?/m0/s1. The van der Waals surface area contributed by atoms with Gasteiger partial charge >= 0.3 is 0 Å². The van der Waals surface area contributed by atoms with E-state index >= 15 is 0 Å². The summed E-state index contributed by atoms with van der Waals surface area (Å²) in [4.78, 5) is 13.2. The number of para-hydroxylation sites is 1. The number of carbonyl (C=O) groups is 1. The summed E-state index contributed by atoms with van der Waals surface area (Å²) in [5, 5.41) is 3.37. The quantitative estimate of drug-likeness (QED) is 0.815. The molecule has 1 heterocycles. The zero-order valence-corrected chi connectivity index (χ0v) is 14.6. The summed E-state index contributed by atoms with van der Waals surface area (Å²) in [6, 6.07) is 8.14. The summed E-state index contributed by atoms with van der Waals surface area (Å²) < 4.78 is 5.73. The van der Waals surface area contributed by atoms with E-state index in [1.54, 1.807) is 0 Å². The van der Waals surface area contributed by atoms with Crippen LogP contribution in [-0.4, -0.2) is 17.4 Å². The summed E-state index contributed by atoms with van der Waals surface area (Å²) in [7, 11) is 0. The van der Waals surface area contributed by atoms with Crippen molar-refractivity contribution in [1.82, 2.24) is 5.32 Å². The van der Waals surface area contributed by atoms with Gasteiger partial charge in [-0.1, -0.05) is 18.2 Å². The maximum Gasteiger partial charge on any atom is 0.226 e. The van der Waals surface area contributed by atoms with Crippen molar-refractivity contribution >= 4 is 17.5 Å². The van der Waals surface area contributed by atoms with Gasteiger partial charge in [0.25, 0.3) is 0 Å². The summed E-state index contributed by atoms with van der Waals surface area (Å²) in [5.74, 6) is 2.45. The van der Waals surface area contributed by atoms with Crippen LogP contribution in [0.3, 0.4) is 0 Å². The molecule has 4 saturated carbocycles. The number of hydrogen-bond donors (Lipinski definition) is 1. The third kappa shape index (κ3) is 2.28. The molecule has 1 aromatic carbocycles. The second-order valence-corrected chi connectivity index (χ2v) is 9.40. The Labute approximate surface area is 148 Å². The van der Waals surface area contributed by atoms with E-state index in [4.69, 9.17) is 16.3 Å². The molecule has 1 N–H and O–H groups in total. The molecule has 4 heteroatoms. The summed E-state index contributed by atoms with van der Waals surface area (Å²) in [6.07, 6.45) is 7.29. The molecule has 0 spiro atoms. The highest BCUT2D eigenvalue weighted by atomic mass is 35.5. The number of hydrogen-bond acceptors (Lipinski definition) is 2. The van der Waals surface area contributed by atoms with Gasteiger partial charge < -0.3 is 10.1 Å². The van der Waals surface area contributed by atoms with E-state index in [1.165, 1.54) is 6.42 Å². The number of fused-ring (bicyclic) bond motifs is 1. The molecule has 1 amide bonds. The van der Waals surface area contributed by atoms with Gasteiger partial charge in [0.05, 0.1) is 18.1 Å². The third-order valence-electron chi connectivity index (χ3n) is 6.74. The molecule has 1 aromatic rings. The van der Waals surface area contributed by atoms with Gasteiger partial charge in [-0.05, 0) is 56.4 Å². The minimum absolute atomic E-state index is 0.0710. The molecule has 128 valence electrons. The lowest BCUT2D eigenvalue weighted by atomic mass is 9.49. The Morgan fingerprint density at radius 2 is 1.92 bits per heavy atom. The molecule has 4 aliphatic carbocycles. The molecule has 4 bridgehead atoms. The fourth-order valence-corrected chi connectivity index (χ4v) is 6.91. The fraction of sp³-hybridized carbons (Fsp3) is 0.650. The number of alkyl halides is 1. The van der Waals surface area contributed by atoms with E-state index < -0.39 is 0 Å². The van der Waals surface area contributed by atoms with Gasteiger partial charge in [0.2, 0.25) is 5.91 Å². The second-order valence-electron chi connectivity index (χ2n) is 8.59. The lowest BCUT2D eigenvalue weighted by Crippen LogP contribution is -2.58. The number of ether oxygens (including phenoxy) is 1. The van der Waals surface area contributed by atoms with E-state index in [0.29, 0.717) is 18.4 Å². The Balaban J connectivity index is 1.40. The molecule has 5 aliphatic rings. The first kappa shape index (κ1) is 15.1. The summed E-state index contributed by atoms with van der Waals surface area (Å²) in [6.45, 7) is 0.666. The minimum Gasteiger partial charge on any atom is -0.493 e. The Hall–Kier alpha value is -1.22. The zero-order chi connectivity index (χ0) is 16.4. The topological polar surface area (TPSA) is 38.3 Å². The number of carbonyl (C=O) groups excluding carboxylic acids is 1. The van der Waals surface area contributed by atoms with Crippen LogP contribution >= 0.6 is 11.6 Å². The van der Waals surface area contributed by atoms with Gasteiger partial charge in [-0.25, -0.2) is 0 Å². The molecule has 24 heavy (non-hydrogen) atoms. The predicted molar refractivity (Wildman–Crippen MR) is 93.1 cm³/mol. The molecule has 5 atom stereocenters. The molecule has 2 unspecified atom stereocenters. The van der Waals surface area contributed by atoms with E-state index in [0.717, 1.165) is 49.8 Å². The number of halogens is 1. The monoisotopic (exact) mass is 345 g/mol. The lowest BCUT2D eigenvalue weighted by Gasteiger charge is -2.59. The summed E-state index contributed by atoms with van der Waals surface area (Å²) in [5.41, 5.74) is 0.890. The first-order chi connectivity index (χ1) is 11.6. The van der Waals surface area contributed by atoms with E-state index in [1.807, 2.05) is 18.2 Å². The first-order valence-corrected chi connectivity index (χ1v) is 9.65. The van der Waals surface area contributed by atoms with Crippen molar-refractivity contribution < 1.29 is 9.53 Å². The fourth-order valence-electron chi connectivity index (χ4n) is 6.22. The Kier molecular flexibility index (Phi) is 3.23. The smallest absolute Gasteiger partial charge is 0.226 e. The molecular formula is C20H24ClNO2. The molecule has 0 radical (unpaired) electrons. The van der Waals surface area contributed by atoms with Crippen LogP contribution in [-0.2, 0) is 4.79 Å². The SMILES string of the molecule is O=C(N[C@H]1CCOc2ccccc21)C12C[C@@H]3C[C@@H](CC(Cl)(C3)C1)C2. The van der Waals surface area contributed by atoms with Crippen LogP contribution in [0.25, 0.3) is 0 Å². The van der Waals surface area contributed by atoms with Gasteiger partial charge in [0.15, 0.2) is 0 Å². The van der Waals surface area contributed by atoms with Crippen molar-refractivity contribution in [3.05, 3.63) is 29.8 Å². The zero-order valence-electron chi connectivity index (χ0n) is 13.9. The van der Waals surface area contributed by atoms with Crippen LogP contribution in [0.1, 0.15) is 56.6 Å². The van der Waals surface area contributed by atoms with E-state index in [-0.39, 0.29) is 22.2 Å². The highest BCUT2D eigenvalue weighted by molar-refractivity contribution is 6.24. The van der Waals surface area contributed by atoms with Gasteiger partial charge in [0, 0.05) is 16.9 Å². The number of rotatable bonds is 2. The van der Waals surface area contributed by atoms with Crippen LogP contribution in [0.2, 0.25) is 0 Å². The van der Waals surface area contributed by atoms with Gasteiger partial charge in [-0.15, -0.1) is 11.6 Å². The van der Waals surface area contributed by atoms with Crippen molar-refractivity contribution in [2.45, 2.75) is 55.9 Å². The highest BCUT2D eigenvalue weighted by Gasteiger charge is 2.60. The summed E-state index contributed by atoms with van der Waals surface area (Å²) >= 11 is 6.89. The second kappa shape index (κ2) is 5.14. The predicted octanol–water partition coefficient (Wildman–Crippen LogP) is 4.20. The molecule has 6 rings (SSSR count). The van der Waals surface area contributed by atoms with Gasteiger partial charge in [0.1, 0.15) is 5.75 Å². The number of benzene rings is 1. The Morgan fingerprint density at radius 3 is 2.67 bits per heavy atom. The van der Waals surface area contributed by atoms with E-state index in [9.17, 15) is 4.79 Å². The van der Waals surface area contributed by atoms with Crippen molar-refractivity contribution in [3.8, 4) is 5.75 Å². The van der Waals surface area contributed by atoms with E-state index in [2.05, 4.69) is 11.4 Å². The molecule has 3 nitrogen and oxygen atoms in total. The van der Waals surface area contributed by atoms with Gasteiger partial charge in [-0.2, -0.15) is 0 Å². The van der Waals surface area contributed by atoms with Crippen LogP contribution < -0.4 is 10.1 Å². The van der Waals surface area contributed by atoms with Crippen molar-refractivity contribution in [2.24, 2.45) is 17.3 Å². The largest absolute Gasteiger partial charge is 0.493 e.